The Bertz CT molecular complexity index is 372. The first-order chi connectivity index (χ1) is 7.70. The molecule has 2 unspecified atom stereocenters. The second-order valence-electron chi connectivity index (χ2n) is 4.30. The van der Waals surface area contributed by atoms with Crippen LogP contribution in [0.3, 0.4) is 0 Å². The van der Waals surface area contributed by atoms with Crippen LogP contribution in [0.1, 0.15) is 24.8 Å². The lowest BCUT2D eigenvalue weighted by molar-refractivity contribution is 0.222. The van der Waals surface area contributed by atoms with Gasteiger partial charge in [0.25, 0.3) is 0 Å². The molecular formula is C11H16ClN3O. The third-order valence-corrected chi connectivity index (χ3v) is 3.34. The average molecular weight is 242 g/mol. The maximum Gasteiger partial charge on any atom is 0.224 e. The molecule has 1 aliphatic carbocycles. The van der Waals surface area contributed by atoms with Gasteiger partial charge in [-0.25, -0.2) is 9.97 Å². The van der Waals surface area contributed by atoms with Crippen molar-refractivity contribution < 1.29 is 5.11 Å². The maximum absolute atomic E-state index is 9.24. The lowest BCUT2D eigenvalue weighted by Gasteiger charge is -2.20. The normalized spacial score (nSPS) is 24.7. The minimum Gasteiger partial charge on any atom is -0.396 e. The molecule has 0 spiro atoms. The number of nitrogens with zero attached hydrogens (tertiary/aromatic N) is 2. The summed E-state index contributed by atoms with van der Waals surface area (Å²) in [6.45, 7) is 2.18. The fraction of sp³-hybridized carbons (Fsp3) is 0.636. The van der Waals surface area contributed by atoms with Crippen molar-refractivity contribution >= 4 is 17.4 Å². The third-order valence-electron chi connectivity index (χ3n) is 3.16. The van der Waals surface area contributed by atoms with E-state index in [1.807, 2.05) is 6.92 Å². The van der Waals surface area contributed by atoms with Gasteiger partial charge in [0, 0.05) is 30.3 Å². The maximum atomic E-state index is 9.24. The highest BCUT2D eigenvalue weighted by Gasteiger charge is 2.27. The van der Waals surface area contributed by atoms with E-state index in [-0.39, 0.29) is 11.9 Å². The summed E-state index contributed by atoms with van der Waals surface area (Å²) in [5.41, 5.74) is 0.980. The predicted octanol–water partition coefficient (Wildman–Crippen LogP) is 2.01. The fourth-order valence-electron chi connectivity index (χ4n) is 2.19. The van der Waals surface area contributed by atoms with E-state index in [1.165, 1.54) is 0 Å². The molecule has 88 valence electrons. The average Bonchev–Trinajstić information content (AvgIpc) is 2.71. The van der Waals surface area contributed by atoms with Crippen LogP contribution >= 0.6 is 11.6 Å². The van der Waals surface area contributed by atoms with Crippen molar-refractivity contribution in [1.29, 1.82) is 0 Å². The summed E-state index contributed by atoms with van der Waals surface area (Å²) in [4.78, 5) is 8.08. The molecule has 5 heteroatoms. The summed E-state index contributed by atoms with van der Waals surface area (Å²) < 4.78 is 0. The summed E-state index contributed by atoms with van der Waals surface area (Å²) in [5, 5.41) is 12.9. The van der Waals surface area contributed by atoms with Crippen molar-refractivity contribution in [3.8, 4) is 0 Å². The first-order valence-corrected chi connectivity index (χ1v) is 5.95. The standard InChI is InChI=1S/C11H16ClN3O/c1-7-5-13-11(12)15-10(7)14-9-4-2-3-8(9)6-16/h5,8-9,16H,2-4,6H2,1H3,(H,13,14,15). The Morgan fingerprint density at radius 1 is 1.56 bits per heavy atom. The SMILES string of the molecule is Cc1cnc(Cl)nc1NC1CCCC1CO. The molecular weight excluding hydrogens is 226 g/mol. The molecule has 0 aliphatic heterocycles. The molecule has 4 nitrogen and oxygen atoms in total. The van der Waals surface area contributed by atoms with Gasteiger partial charge < -0.3 is 10.4 Å². The first kappa shape index (κ1) is 11.6. The van der Waals surface area contributed by atoms with Crippen LogP contribution < -0.4 is 5.32 Å². The third kappa shape index (κ3) is 2.44. The van der Waals surface area contributed by atoms with E-state index in [2.05, 4.69) is 15.3 Å². The molecule has 16 heavy (non-hydrogen) atoms. The fourth-order valence-corrected chi connectivity index (χ4v) is 2.32. The predicted molar refractivity (Wildman–Crippen MR) is 63.6 cm³/mol. The van der Waals surface area contributed by atoms with Gasteiger partial charge in [0.05, 0.1) is 0 Å². The number of aliphatic hydroxyl groups is 1. The lowest BCUT2D eigenvalue weighted by Crippen LogP contribution is -2.27. The quantitative estimate of drug-likeness (QED) is 0.795. The summed E-state index contributed by atoms with van der Waals surface area (Å²) in [6.07, 6.45) is 5.01. The molecule has 1 heterocycles. The Kier molecular flexibility index (Phi) is 3.61. The van der Waals surface area contributed by atoms with Crippen LogP contribution in [0, 0.1) is 12.8 Å². The molecule has 0 radical (unpaired) electrons. The molecule has 1 saturated carbocycles. The van der Waals surface area contributed by atoms with Crippen molar-refractivity contribution in [3.05, 3.63) is 17.0 Å². The van der Waals surface area contributed by atoms with E-state index in [1.54, 1.807) is 6.20 Å². The molecule has 1 aliphatic rings. The Morgan fingerprint density at radius 2 is 2.38 bits per heavy atom. The molecule has 0 bridgehead atoms. The zero-order valence-corrected chi connectivity index (χ0v) is 10.0. The van der Waals surface area contributed by atoms with Crippen molar-refractivity contribution in [2.75, 3.05) is 11.9 Å². The van der Waals surface area contributed by atoms with E-state index in [4.69, 9.17) is 11.6 Å². The Labute approximate surface area is 100 Å². The molecule has 1 aromatic heterocycles. The monoisotopic (exact) mass is 241 g/mol. The molecule has 0 aromatic carbocycles. The van der Waals surface area contributed by atoms with Gasteiger partial charge in [-0.2, -0.15) is 0 Å². The number of aliphatic hydroxyl groups excluding tert-OH is 1. The zero-order chi connectivity index (χ0) is 11.5. The minimum absolute atomic E-state index is 0.232. The van der Waals surface area contributed by atoms with Crippen LogP contribution in [-0.2, 0) is 0 Å². The first-order valence-electron chi connectivity index (χ1n) is 5.57. The van der Waals surface area contributed by atoms with Crippen LogP contribution in [0.15, 0.2) is 6.20 Å². The summed E-state index contributed by atoms with van der Waals surface area (Å²) in [7, 11) is 0. The number of hydrogen-bond donors (Lipinski definition) is 2. The van der Waals surface area contributed by atoms with Gasteiger partial charge >= 0.3 is 0 Å². The van der Waals surface area contributed by atoms with Gasteiger partial charge in [-0.3, -0.25) is 0 Å². The molecule has 2 N–H and O–H groups in total. The minimum atomic E-state index is 0.232. The number of aryl methyl sites for hydroxylation is 1. The number of aromatic nitrogens is 2. The van der Waals surface area contributed by atoms with Gasteiger partial charge in [-0.05, 0) is 31.4 Å². The number of nitrogens with one attached hydrogen (secondary N) is 1. The number of halogens is 1. The number of rotatable bonds is 3. The second kappa shape index (κ2) is 4.97. The van der Waals surface area contributed by atoms with Crippen LogP contribution in [0.25, 0.3) is 0 Å². The van der Waals surface area contributed by atoms with Gasteiger partial charge in [0.1, 0.15) is 5.82 Å². The molecule has 2 atom stereocenters. The molecule has 2 rings (SSSR count). The molecule has 0 saturated heterocycles. The Balaban J connectivity index is 2.11. The summed E-state index contributed by atoms with van der Waals surface area (Å²) >= 11 is 5.76. The van der Waals surface area contributed by atoms with Crippen molar-refractivity contribution in [3.63, 3.8) is 0 Å². The Hall–Kier alpha value is -0.870. The van der Waals surface area contributed by atoms with Crippen molar-refractivity contribution in [2.45, 2.75) is 32.2 Å². The van der Waals surface area contributed by atoms with Crippen LogP contribution in [-0.4, -0.2) is 27.7 Å². The highest BCUT2D eigenvalue weighted by Crippen LogP contribution is 2.28. The number of hydrogen-bond acceptors (Lipinski definition) is 4. The van der Waals surface area contributed by atoms with Crippen LogP contribution in [0.4, 0.5) is 5.82 Å². The molecule has 1 fully saturated rings. The van der Waals surface area contributed by atoms with Crippen LogP contribution in [0.2, 0.25) is 5.28 Å². The van der Waals surface area contributed by atoms with Crippen molar-refractivity contribution in [2.24, 2.45) is 5.92 Å². The van der Waals surface area contributed by atoms with Crippen LogP contribution in [0.5, 0.6) is 0 Å². The topological polar surface area (TPSA) is 58.0 Å². The highest BCUT2D eigenvalue weighted by atomic mass is 35.5. The zero-order valence-electron chi connectivity index (χ0n) is 9.28. The van der Waals surface area contributed by atoms with E-state index in [0.29, 0.717) is 12.0 Å². The van der Waals surface area contributed by atoms with Gasteiger partial charge in [0.2, 0.25) is 5.28 Å². The Morgan fingerprint density at radius 3 is 3.12 bits per heavy atom. The highest BCUT2D eigenvalue weighted by molar-refractivity contribution is 6.28. The van der Waals surface area contributed by atoms with Gasteiger partial charge in [-0.15, -0.1) is 0 Å². The van der Waals surface area contributed by atoms with E-state index >= 15 is 0 Å². The summed E-state index contributed by atoms with van der Waals surface area (Å²) in [5.74, 6) is 1.11. The molecule has 0 amide bonds. The second-order valence-corrected chi connectivity index (χ2v) is 4.63. The summed E-state index contributed by atoms with van der Waals surface area (Å²) in [6, 6.07) is 0.301. The van der Waals surface area contributed by atoms with E-state index < -0.39 is 0 Å². The van der Waals surface area contributed by atoms with Gasteiger partial charge in [-0.1, -0.05) is 6.42 Å². The number of anilines is 1. The molecule has 1 aromatic rings. The van der Waals surface area contributed by atoms with E-state index in [0.717, 1.165) is 30.6 Å². The lowest BCUT2D eigenvalue weighted by atomic mass is 10.1. The van der Waals surface area contributed by atoms with Gasteiger partial charge in [0.15, 0.2) is 0 Å². The van der Waals surface area contributed by atoms with E-state index in [9.17, 15) is 5.11 Å². The van der Waals surface area contributed by atoms with Crippen molar-refractivity contribution in [1.82, 2.24) is 9.97 Å². The smallest absolute Gasteiger partial charge is 0.224 e. The largest absolute Gasteiger partial charge is 0.396 e.